The summed E-state index contributed by atoms with van der Waals surface area (Å²) in [5.74, 6) is 2.69. The normalized spacial score (nSPS) is 10.1. The van der Waals surface area contributed by atoms with E-state index in [2.05, 4.69) is 0 Å². The monoisotopic (exact) mass is 236 g/mol. The first-order valence-electron chi connectivity index (χ1n) is 4.08. The summed E-state index contributed by atoms with van der Waals surface area (Å²) in [6.45, 7) is 0. The molecule has 0 atom stereocenters. The molecule has 3 N–H and O–H groups in total. The van der Waals surface area contributed by atoms with E-state index in [0.717, 1.165) is 5.69 Å². The van der Waals surface area contributed by atoms with Crippen molar-refractivity contribution in [1.82, 2.24) is 0 Å². The molecule has 4 nitrogen and oxygen atoms in total. The molecule has 16 heavy (non-hydrogen) atoms. The molecule has 0 saturated heterocycles. The number of para-hydroxylation sites is 1. The first kappa shape index (κ1) is 14.2. The smallest absolute Gasteiger partial charge is 0.475 e. The lowest BCUT2D eigenvalue weighted by atomic mass is 10.3. The van der Waals surface area contributed by atoms with Crippen molar-refractivity contribution in [2.45, 2.75) is 6.18 Å². The quantitative estimate of drug-likeness (QED) is 0.574. The Morgan fingerprint density at radius 1 is 1.31 bits per heavy atom. The molecule has 7 heteroatoms. The number of rotatable bonds is 1. The SMILES string of the molecule is CN(N)c1ccccc1.O=C(O)C(F)(F)F. The summed E-state index contributed by atoms with van der Waals surface area (Å²) in [6, 6.07) is 9.80. The van der Waals surface area contributed by atoms with Crippen molar-refractivity contribution in [3.63, 3.8) is 0 Å². The van der Waals surface area contributed by atoms with E-state index in [1.807, 2.05) is 37.4 Å². The Kier molecular flexibility index (Phi) is 5.31. The fourth-order valence-electron chi connectivity index (χ4n) is 0.663. The van der Waals surface area contributed by atoms with E-state index < -0.39 is 12.1 Å². The number of halogens is 3. The average molecular weight is 236 g/mol. The lowest BCUT2D eigenvalue weighted by molar-refractivity contribution is -0.192. The molecular formula is C9H11F3N2O2. The lowest BCUT2D eigenvalue weighted by Crippen LogP contribution is -2.24. The molecular weight excluding hydrogens is 225 g/mol. The summed E-state index contributed by atoms with van der Waals surface area (Å²) < 4.78 is 31.7. The predicted octanol–water partition coefficient (Wildman–Crippen LogP) is 1.63. The number of nitrogens with two attached hydrogens (primary N) is 1. The predicted molar refractivity (Wildman–Crippen MR) is 52.7 cm³/mol. The minimum Gasteiger partial charge on any atom is -0.475 e. The van der Waals surface area contributed by atoms with Gasteiger partial charge in [-0.15, -0.1) is 0 Å². The van der Waals surface area contributed by atoms with Gasteiger partial charge in [0.1, 0.15) is 0 Å². The minimum atomic E-state index is -5.08. The zero-order valence-electron chi connectivity index (χ0n) is 8.40. The number of anilines is 1. The van der Waals surface area contributed by atoms with Gasteiger partial charge in [-0.1, -0.05) is 18.2 Å². The van der Waals surface area contributed by atoms with Crippen molar-refractivity contribution in [2.75, 3.05) is 12.1 Å². The Bertz CT molecular complexity index is 325. The van der Waals surface area contributed by atoms with Crippen LogP contribution in [0.25, 0.3) is 0 Å². The van der Waals surface area contributed by atoms with Gasteiger partial charge >= 0.3 is 12.1 Å². The summed E-state index contributed by atoms with van der Waals surface area (Å²) in [4.78, 5) is 8.90. The molecule has 0 spiro atoms. The fraction of sp³-hybridized carbons (Fsp3) is 0.222. The number of hydrogen-bond acceptors (Lipinski definition) is 3. The third kappa shape index (κ3) is 5.86. The number of alkyl halides is 3. The number of hydrazine groups is 1. The molecule has 0 aliphatic rings. The Morgan fingerprint density at radius 3 is 1.88 bits per heavy atom. The molecule has 0 amide bonds. The second kappa shape index (κ2) is 5.96. The largest absolute Gasteiger partial charge is 0.490 e. The Hall–Kier alpha value is -1.76. The number of carbonyl (C=O) groups is 1. The summed E-state index contributed by atoms with van der Waals surface area (Å²) in [5, 5.41) is 8.71. The van der Waals surface area contributed by atoms with Crippen molar-refractivity contribution in [3.05, 3.63) is 30.3 Å². The van der Waals surface area contributed by atoms with E-state index in [1.54, 1.807) is 5.01 Å². The maximum absolute atomic E-state index is 10.6. The highest BCUT2D eigenvalue weighted by Gasteiger charge is 2.38. The van der Waals surface area contributed by atoms with E-state index in [9.17, 15) is 13.2 Å². The molecule has 0 radical (unpaired) electrons. The van der Waals surface area contributed by atoms with Gasteiger partial charge in [-0.25, -0.2) is 10.6 Å². The van der Waals surface area contributed by atoms with Gasteiger partial charge in [-0.05, 0) is 12.1 Å². The summed E-state index contributed by atoms with van der Waals surface area (Å²) in [5.41, 5.74) is 1.03. The van der Waals surface area contributed by atoms with Gasteiger partial charge in [0.25, 0.3) is 0 Å². The van der Waals surface area contributed by atoms with Crippen molar-refractivity contribution < 1.29 is 23.1 Å². The molecule has 1 aromatic carbocycles. The average Bonchev–Trinajstić information content (AvgIpc) is 2.18. The van der Waals surface area contributed by atoms with Gasteiger partial charge in [0.15, 0.2) is 0 Å². The molecule has 0 unspecified atom stereocenters. The number of hydrogen-bond donors (Lipinski definition) is 2. The van der Waals surface area contributed by atoms with Crippen LogP contribution < -0.4 is 10.9 Å². The maximum atomic E-state index is 10.6. The van der Waals surface area contributed by atoms with Gasteiger partial charge < -0.3 is 10.1 Å². The van der Waals surface area contributed by atoms with E-state index >= 15 is 0 Å². The number of carboxylic acid groups (broad SMARTS) is 1. The van der Waals surface area contributed by atoms with Crippen molar-refractivity contribution in [2.24, 2.45) is 5.84 Å². The number of benzene rings is 1. The number of nitrogens with zero attached hydrogens (tertiary/aromatic N) is 1. The van der Waals surface area contributed by atoms with Crippen molar-refractivity contribution in [1.29, 1.82) is 0 Å². The third-order valence-electron chi connectivity index (χ3n) is 1.41. The van der Waals surface area contributed by atoms with Crippen LogP contribution in [0, 0.1) is 0 Å². The van der Waals surface area contributed by atoms with Crippen LogP contribution in [0.4, 0.5) is 18.9 Å². The van der Waals surface area contributed by atoms with E-state index in [-0.39, 0.29) is 0 Å². The molecule has 90 valence electrons. The Morgan fingerprint density at radius 2 is 1.69 bits per heavy atom. The topological polar surface area (TPSA) is 66.6 Å². The molecule has 0 heterocycles. The van der Waals surface area contributed by atoms with E-state index in [4.69, 9.17) is 15.7 Å². The Balaban J connectivity index is 0.000000293. The highest BCUT2D eigenvalue weighted by molar-refractivity contribution is 5.73. The van der Waals surface area contributed by atoms with Crippen LogP contribution in [0.2, 0.25) is 0 Å². The highest BCUT2D eigenvalue weighted by Crippen LogP contribution is 2.13. The van der Waals surface area contributed by atoms with Crippen LogP contribution in [-0.4, -0.2) is 24.3 Å². The maximum Gasteiger partial charge on any atom is 0.490 e. The lowest BCUT2D eigenvalue weighted by Gasteiger charge is -2.09. The Labute approximate surface area is 90.1 Å². The molecule has 0 aliphatic heterocycles. The zero-order valence-corrected chi connectivity index (χ0v) is 8.40. The summed E-state index contributed by atoms with van der Waals surface area (Å²) in [6.07, 6.45) is -5.08. The van der Waals surface area contributed by atoms with Crippen LogP contribution >= 0.6 is 0 Å². The standard InChI is InChI=1S/C7H10N2.C2HF3O2/c1-9(8)7-5-3-2-4-6-7;3-2(4,5)1(6)7/h2-6H,8H2,1H3;(H,6,7). The van der Waals surface area contributed by atoms with Gasteiger partial charge in [0.2, 0.25) is 0 Å². The van der Waals surface area contributed by atoms with Crippen LogP contribution in [0.1, 0.15) is 0 Å². The minimum absolute atomic E-state index is 1.03. The van der Waals surface area contributed by atoms with Crippen molar-refractivity contribution in [3.8, 4) is 0 Å². The number of aliphatic carboxylic acids is 1. The van der Waals surface area contributed by atoms with Gasteiger partial charge in [-0.2, -0.15) is 13.2 Å². The fourth-order valence-corrected chi connectivity index (χ4v) is 0.663. The molecule has 1 aromatic rings. The zero-order chi connectivity index (χ0) is 12.8. The third-order valence-corrected chi connectivity index (χ3v) is 1.41. The second-order valence-electron chi connectivity index (χ2n) is 2.75. The van der Waals surface area contributed by atoms with Gasteiger partial charge in [0.05, 0.1) is 5.69 Å². The van der Waals surface area contributed by atoms with Crippen LogP contribution in [-0.2, 0) is 4.79 Å². The molecule has 0 bridgehead atoms. The van der Waals surface area contributed by atoms with Crippen LogP contribution in [0.5, 0.6) is 0 Å². The van der Waals surface area contributed by atoms with Crippen molar-refractivity contribution >= 4 is 11.7 Å². The first-order valence-corrected chi connectivity index (χ1v) is 4.08. The molecule has 1 rings (SSSR count). The molecule has 0 aromatic heterocycles. The highest BCUT2D eigenvalue weighted by atomic mass is 19.4. The van der Waals surface area contributed by atoms with Gasteiger partial charge in [0, 0.05) is 7.05 Å². The first-order chi connectivity index (χ1) is 7.25. The number of carboxylic acids is 1. The van der Waals surface area contributed by atoms with Crippen LogP contribution in [0.3, 0.4) is 0 Å². The molecule has 0 aliphatic carbocycles. The second-order valence-corrected chi connectivity index (χ2v) is 2.75. The van der Waals surface area contributed by atoms with Gasteiger partial charge in [-0.3, -0.25) is 0 Å². The summed E-state index contributed by atoms with van der Waals surface area (Å²) in [7, 11) is 1.81. The van der Waals surface area contributed by atoms with E-state index in [0.29, 0.717) is 0 Å². The summed E-state index contributed by atoms with van der Waals surface area (Å²) >= 11 is 0. The van der Waals surface area contributed by atoms with Crippen LogP contribution in [0.15, 0.2) is 30.3 Å². The molecule has 0 fully saturated rings. The van der Waals surface area contributed by atoms with E-state index in [1.165, 1.54) is 0 Å². The molecule has 0 saturated carbocycles.